The third kappa shape index (κ3) is 3.46. The Kier molecular flexibility index (Phi) is 4.80. The van der Waals surface area contributed by atoms with E-state index in [-0.39, 0.29) is 17.9 Å². The highest BCUT2D eigenvalue weighted by molar-refractivity contribution is 5.89. The van der Waals surface area contributed by atoms with Gasteiger partial charge in [0.25, 0.3) is 5.95 Å². The van der Waals surface area contributed by atoms with E-state index in [0.717, 1.165) is 22.6 Å². The summed E-state index contributed by atoms with van der Waals surface area (Å²) in [7, 11) is 1.64. The number of nitrogens with zero attached hydrogens (tertiary/aromatic N) is 3. The number of hydrogen-bond acceptors (Lipinski definition) is 5. The summed E-state index contributed by atoms with van der Waals surface area (Å²) in [4.78, 5) is 16.2. The average Bonchev–Trinajstić information content (AvgIpc) is 3.16. The van der Waals surface area contributed by atoms with Gasteiger partial charge in [-0.05, 0) is 29.3 Å². The van der Waals surface area contributed by atoms with Gasteiger partial charge in [0.15, 0.2) is 0 Å². The normalized spacial score (nSPS) is 15.2. The fourth-order valence-electron chi connectivity index (χ4n) is 3.08. The fourth-order valence-corrected chi connectivity index (χ4v) is 3.08. The van der Waals surface area contributed by atoms with Crippen molar-refractivity contribution >= 4 is 23.5 Å². The maximum absolute atomic E-state index is 11.8. The molecule has 4 rings (SSSR count). The second-order valence-corrected chi connectivity index (χ2v) is 6.39. The van der Waals surface area contributed by atoms with E-state index in [9.17, 15) is 4.79 Å². The number of rotatable bonds is 5. The number of ether oxygens (including phenoxy) is 1. The van der Waals surface area contributed by atoms with Gasteiger partial charge in [0.2, 0.25) is 11.9 Å². The molecule has 0 unspecified atom stereocenters. The van der Waals surface area contributed by atoms with Gasteiger partial charge in [-0.3, -0.25) is 10.1 Å². The van der Waals surface area contributed by atoms with Crippen LogP contribution in [0.3, 0.4) is 0 Å². The Hall–Kier alpha value is -3.61. The van der Waals surface area contributed by atoms with Crippen LogP contribution >= 0.6 is 0 Å². The van der Waals surface area contributed by atoms with Crippen molar-refractivity contribution in [3.05, 3.63) is 71.8 Å². The number of methoxy groups -OCH3 is 1. The Labute approximate surface area is 163 Å². The van der Waals surface area contributed by atoms with Crippen molar-refractivity contribution in [1.82, 2.24) is 14.8 Å². The molecule has 0 fully saturated rings. The highest BCUT2D eigenvalue weighted by Gasteiger charge is 2.25. The summed E-state index contributed by atoms with van der Waals surface area (Å²) in [5.41, 5.74) is 3.03. The minimum atomic E-state index is -0.169. The maximum atomic E-state index is 11.8. The Morgan fingerprint density at radius 1 is 1.18 bits per heavy atom. The van der Waals surface area contributed by atoms with Crippen LogP contribution in [0.4, 0.5) is 11.9 Å². The number of anilines is 2. The summed E-state index contributed by atoms with van der Waals surface area (Å²) in [5.74, 6) is 1.53. The van der Waals surface area contributed by atoms with Crippen molar-refractivity contribution in [2.24, 2.45) is 0 Å². The lowest BCUT2D eigenvalue weighted by atomic mass is 10.0. The van der Waals surface area contributed by atoms with Crippen molar-refractivity contribution < 1.29 is 9.53 Å². The number of benzene rings is 2. The van der Waals surface area contributed by atoms with Crippen molar-refractivity contribution in [1.29, 1.82) is 0 Å². The van der Waals surface area contributed by atoms with Crippen molar-refractivity contribution in [3.8, 4) is 5.75 Å². The van der Waals surface area contributed by atoms with Gasteiger partial charge in [0.05, 0.1) is 7.11 Å². The van der Waals surface area contributed by atoms with Crippen LogP contribution < -0.4 is 15.4 Å². The Bertz CT molecular complexity index is 1010. The number of nitrogens with one attached hydrogen (secondary N) is 2. The van der Waals surface area contributed by atoms with Crippen LogP contribution in [0.15, 0.2) is 60.7 Å². The van der Waals surface area contributed by atoms with Crippen LogP contribution in [-0.2, 0) is 4.79 Å². The van der Waals surface area contributed by atoms with E-state index in [1.807, 2.05) is 54.6 Å². The molecule has 3 aromatic rings. The Balaban J connectivity index is 1.76. The number of hydrogen-bond donors (Lipinski definition) is 2. The zero-order valence-electron chi connectivity index (χ0n) is 15.7. The number of carbonyl (C=O) groups is 1. The molecule has 7 nitrogen and oxygen atoms in total. The first kappa shape index (κ1) is 17.8. The van der Waals surface area contributed by atoms with Crippen LogP contribution in [0, 0.1) is 0 Å². The quantitative estimate of drug-likeness (QED) is 0.711. The summed E-state index contributed by atoms with van der Waals surface area (Å²) in [6.07, 6.45) is 2.47. The molecule has 1 aliphatic rings. The van der Waals surface area contributed by atoms with Gasteiger partial charge in [0.1, 0.15) is 11.8 Å². The van der Waals surface area contributed by atoms with Gasteiger partial charge in [-0.1, -0.05) is 49.4 Å². The smallest absolute Gasteiger partial charge is 0.250 e. The minimum Gasteiger partial charge on any atom is -0.497 e. The number of fused-ring (bicyclic) bond motifs is 1. The molecule has 7 heteroatoms. The lowest BCUT2D eigenvalue weighted by molar-refractivity contribution is -0.115. The summed E-state index contributed by atoms with van der Waals surface area (Å²) in [6.45, 7) is 1.79. The predicted octanol–water partition coefficient (Wildman–Crippen LogP) is 3.69. The molecule has 28 heavy (non-hydrogen) atoms. The molecule has 2 N–H and O–H groups in total. The molecule has 0 saturated heterocycles. The zero-order chi connectivity index (χ0) is 19.5. The molecule has 1 aromatic heterocycles. The monoisotopic (exact) mass is 375 g/mol. The van der Waals surface area contributed by atoms with E-state index in [1.54, 1.807) is 18.7 Å². The molecule has 1 atom stereocenters. The molecular weight excluding hydrogens is 354 g/mol. The van der Waals surface area contributed by atoms with Gasteiger partial charge in [0, 0.05) is 12.1 Å². The third-order valence-electron chi connectivity index (χ3n) is 4.58. The molecule has 0 bridgehead atoms. The molecule has 1 amide bonds. The molecule has 0 radical (unpaired) electrons. The average molecular weight is 375 g/mol. The third-order valence-corrected chi connectivity index (χ3v) is 4.58. The second kappa shape index (κ2) is 7.56. The maximum Gasteiger partial charge on any atom is 0.250 e. The second-order valence-electron chi connectivity index (χ2n) is 6.39. The van der Waals surface area contributed by atoms with Crippen molar-refractivity contribution in [3.63, 3.8) is 0 Å². The lowest BCUT2D eigenvalue weighted by Gasteiger charge is -2.24. The minimum absolute atomic E-state index is 0.125. The molecule has 0 aliphatic carbocycles. The fraction of sp³-hybridized carbons (Fsp3) is 0.190. The van der Waals surface area contributed by atoms with Crippen LogP contribution in [0.5, 0.6) is 5.75 Å². The van der Waals surface area contributed by atoms with Crippen LogP contribution in [0.1, 0.15) is 30.5 Å². The number of carbonyl (C=O) groups excluding carboxylic acids is 1. The van der Waals surface area contributed by atoms with Crippen molar-refractivity contribution in [2.45, 2.75) is 19.4 Å². The van der Waals surface area contributed by atoms with Gasteiger partial charge in [-0.15, -0.1) is 5.10 Å². The van der Waals surface area contributed by atoms with E-state index in [4.69, 9.17) is 4.74 Å². The van der Waals surface area contributed by atoms with Gasteiger partial charge in [-0.2, -0.15) is 4.98 Å². The first-order valence-corrected chi connectivity index (χ1v) is 9.12. The molecule has 2 heterocycles. The van der Waals surface area contributed by atoms with Crippen LogP contribution in [-0.4, -0.2) is 27.8 Å². The zero-order valence-corrected chi connectivity index (χ0v) is 15.7. The van der Waals surface area contributed by atoms with Crippen LogP contribution in [0.2, 0.25) is 0 Å². The highest BCUT2D eigenvalue weighted by atomic mass is 16.5. The number of aromatic nitrogens is 3. The topological polar surface area (TPSA) is 81.1 Å². The van der Waals surface area contributed by atoms with E-state index in [1.165, 1.54) is 0 Å². The Morgan fingerprint density at radius 3 is 2.61 bits per heavy atom. The van der Waals surface area contributed by atoms with E-state index < -0.39 is 0 Å². The summed E-state index contributed by atoms with van der Waals surface area (Å²) in [5, 5.41) is 10.6. The molecule has 0 spiro atoms. The first-order valence-electron chi connectivity index (χ1n) is 9.12. The lowest BCUT2D eigenvalue weighted by Crippen LogP contribution is -2.20. The highest BCUT2D eigenvalue weighted by Crippen LogP contribution is 2.33. The van der Waals surface area contributed by atoms with Gasteiger partial charge in [-0.25, -0.2) is 4.68 Å². The summed E-state index contributed by atoms with van der Waals surface area (Å²) < 4.78 is 7.04. The molecule has 2 aromatic carbocycles. The van der Waals surface area contributed by atoms with E-state index in [2.05, 4.69) is 26.8 Å². The van der Waals surface area contributed by atoms with Crippen LogP contribution in [0.25, 0.3) is 5.70 Å². The standard InChI is InChI=1S/C21H21N5O2/c1-3-19(27)23-20-24-21-22-17(14-7-5-4-6-8-14)13-18(26(21)25-20)15-9-11-16(28-2)12-10-15/h4-13,18H,3H2,1-2H3,(H2,22,23,24,25,27)/t18-/m0/s1. The Morgan fingerprint density at radius 2 is 1.93 bits per heavy atom. The SMILES string of the molecule is CCC(=O)Nc1nc2n(n1)[C@H](c1ccc(OC)cc1)C=C(c1ccccc1)N2. The number of amides is 1. The van der Waals surface area contributed by atoms with Gasteiger partial charge >= 0.3 is 0 Å². The molecule has 142 valence electrons. The predicted molar refractivity (Wildman–Crippen MR) is 108 cm³/mol. The summed E-state index contributed by atoms with van der Waals surface area (Å²) >= 11 is 0. The van der Waals surface area contributed by atoms with Gasteiger partial charge < -0.3 is 10.1 Å². The molecular formula is C21H21N5O2. The van der Waals surface area contributed by atoms with Crippen molar-refractivity contribution in [2.75, 3.05) is 17.7 Å². The number of allylic oxidation sites excluding steroid dienone is 1. The first-order chi connectivity index (χ1) is 13.7. The summed E-state index contributed by atoms with van der Waals surface area (Å²) in [6, 6.07) is 17.7. The molecule has 0 saturated carbocycles. The molecule has 1 aliphatic heterocycles. The van der Waals surface area contributed by atoms with E-state index in [0.29, 0.717) is 12.4 Å². The van der Waals surface area contributed by atoms with E-state index >= 15 is 0 Å². The largest absolute Gasteiger partial charge is 0.497 e.